The number of urea groups is 1. The van der Waals surface area contributed by atoms with E-state index in [9.17, 15) is 4.79 Å². The summed E-state index contributed by atoms with van der Waals surface area (Å²) in [6, 6.07) is 54.3. The summed E-state index contributed by atoms with van der Waals surface area (Å²) in [5.74, 6) is 1.60. The van der Waals surface area contributed by atoms with Gasteiger partial charge < -0.3 is 15.2 Å². The van der Waals surface area contributed by atoms with Gasteiger partial charge in [0.05, 0.1) is 11.0 Å². The first-order valence-corrected chi connectivity index (χ1v) is 21.3. The number of unbranched alkanes of at least 4 members (excludes halogenated alkanes) is 1. The first-order valence-electron chi connectivity index (χ1n) is 21.3. The molecule has 2 heterocycles. The highest BCUT2D eigenvalue weighted by atomic mass is 16.2. The number of benzene rings is 6. The number of nitrogens with one attached hydrogen (secondary N) is 2. The van der Waals surface area contributed by atoms with E-state index < -0.39 is 5.54 Å². The van der Waals surface area contributed by atoms with E-state index in [4.69, 9.17) is 20.4 Å². The minimum atomic E-state index is -0.864. The summed E-state index contributed by atoms with van der Waals surface area (Å²) in [4.78, 5) is 19.8. The van der Waals surface area contributed by atoms with Crippen molar-refractivity contribution >= 4 is 22.8 Å². The highest BCUT2D eigenvalue weighted by Gasteiger charge is 2.41. The van der Waals surface area contributed by atoms with Gasteiger partial charge in [-0.25, -0.2) is 9.78 Å². The topological polar surface area (TPSA) is 103 Å². The predicted molar refractivity (Wildman–Crippen MR) is 240 cm³/mol. The molecule has 2 amide bonds. The van der Waals surface area contributed by atoms with Crippen molar-refractivity contribution in [2.75, 3.05) is 5.32 Å². The highest BCUT2D eigenvalue weighted by molar-refractivity contribution is 5.92. The number of aryl methyl sites for hydroxylation is 1. The Balaban J connectivity index is 1.02. The number of hydrogen-bond acceptors (Lipinski definition) is 5. The van der Waals surface area contributed by atoms with Crippen molar-refractivity contribution in [2.45, 2.75) is 76.4 Å². The number of fused-ring (bicyclic) bond motifs is 1. The molecule has 9 rings (SSSR count). The number of hydrogen-bond donors (Lipinski definition) is 2. The summed E-state index contributed by atoms with van der Waals surface area (Å²) < 4.78 is 2.30. The van der Waals surface area contributed by atoms with Gasteiger partial charge in [-0.15, -0.1) is 15.0 Å². The molecule has 0 bridgehead atoms. The van der Waals surface area contributed by atoms with Crippen LogP contribution >= 0.6 is 0 Å². The van der Waals surface area contributed by atoms with Crippen LogP contribution in [0.4, 0.5) is 10.5 Å². The number of aromatic nitrogens is 6. The summed E-state index contributed by atoms with van der Waals surface area (Å²) >= 11 is 0. The molecule has 2 aromatic heterocycles. The van der Waals surface area contributed by atoms with Crippen LogP contribution in [0.1, 0.15) is 79.9 Å². The normalized spacial score (nSPS) is 13.3. The fourth-order valence-electron chi connectivity index (χ4n) is 8.80. The van der Waals surface area contributed by atoms with E-state index in [1.54, 1.807) is 4.80 Å². The lowest BCUT2D eigenvalue weighted by Gasteiger charge is -2.34. The molecule has 8 aromatic rings. The quantitative estimate of drug-likeness (QED) is 0.113. The number of rotatable bonds is 13. The molecule has 0 aliphatic heterocycles. The zero-order valence-corrected chi connectivity index (χ0v) is 34.0. The summed E-state index contributed by atoms with van der Waals surface area (Å²) in [6.07, 6.45) is 8.70. The first-order chi connectivity index (χ1) is 29.6. The average molecular weight is 791 g/mol. The zero-order valence-electron chi connectivity index (χ0n) is 34.0. The van der Waals surface area contributed by atoms with Crippen LogP contribution in [0.3, 0.4) is 0 Å². The largest absolute Gasteiger partial charge is 0.335 e. The van der Waals surface area contributed by atoms with Gasteiger partial charge in [-0.2, -0.15) is 0 Å². The minimum absolute atomic E-state index is 0.143. The molecule has 1 aliphatic rings. The Morgan fingerprint density at radius 2 is 1.33 bits per heavy atom. The van der Waals surface area contributed by atoms with Gasteiger partial charge in [-0.05, 0) is 76.1 Å². The van der Waals surface area contributed by atoms with E-state index in [1.807, 2.05) is 36.4 Å². The summed E-state index contributed by atoms with van der Waals surface area (Å²) in [5.41, 5.74) is 9.08. The zero-order chi connectivity index (χ0) is 40.7. The van der Waals surface area contributed by atoms with E-state index in [1.165, 1.54) is 19.3 Å². The van der Waals surface area contributed by atoms with Crippen LogP contribution in [0.25, 0.3) is 33.5 Å². The van der Waals surface area contributed by atoms with Crippen LogP contribution < -0.4 is 10.6 Å². The Kier molecular flexibility index (Phi) is 11.3. The highest BCUT2D eigenvalue weighted by Crippen LogP contribution is 2.40. The second-order valence-corrected chi connectivity index (χ2v) is 15.8. The second kappa shape index (κ2) is 17.5. The Morgan fingerprint density at radius 3 is 1.97 bits per heavy atom. The number of anilines is 1. The fraction of sp³-hybridized carbons (Fsp3) is 0.235. The second-order valence-electron chi connectivity index (χ2n) is 15.8. The molecule has 9 nitrogen and oxygen atoms in total. The summed E-state index contributed by atoms with van der Waals surface area (Å²) in [5, 5.41) is 21.1. The Bertz CT molecular complexity index is 2570. The van der Waals surface area contributed by atoms with Crippen LogP contribution in [0.2, 0.25) is 0 Å². The Labute approximate surface area is 351 Å². The maximum Gasteiger partial charge on any atom is 0.319 e. The minimum Gasteiger partial charge on any atom is -0.335 e. The van der Waals surface area contributed by atoms with E-state index in [-0.39, 0.29) is 12.1 Å². The van der Waals surface area contributed by atoms with Crippen LogP contribution in [-0.4, -0.2) is 41.8 Å². The molecule has 0 atom stereocenters. The van der Waals surface area contributed by atoms with Gasteiger partial charge in [0.2, 0.25) is 5.82 Å². The van der Waals surface area contributed by atoms with E-state index in [0.717, 1.165) is 93.6 Å². The molecule has 0 unspecified atom stereocenters. The number of imidazole rings is 1. The third kappa shape index (κ3) is 7.83. The number of carbonyl (C=O) groups excluding carboxylic acids is 1. The van der Waals surface area contributed by atoms with Crippen molar-refractivity contribution in [3.63, 3.8) is 0 Å². The van der Waals surface area contributed by atoms with Crippen LogP contribution in [0, 0.1) is 0 Å². The number of tetrazole rings is 1. The standard InChI is InChI=1S/C51H50N8O/c1-2-3-28-48-54-46-34-33-43(53-50(60)52-42-24-14-7-15-25-42)35-47(46)58(48)36-37-29-31-38(32-30-37)44-26-16-17-27-45(44)49-55-57-59(56-49)51(39-18-8-4-9-19-39,40-20-10-5-11-21-40)41-22-12-6-13-23-41/h4-6,8-13,16-23,26-27,29-35,42H,2-3,7,14-15,24-25,28,36H2,1H3,(H2,52,53,60). The van der Waals surface area contributed by atoms with Crippen molar-refractivity contribution in [3.05, 3.63) is 186 Å². The number of amides is 2. The first kappa shape index (κ1) is 38.6. The molecule has 1 fully saturated rings. The van der Waals surface area contributed by atoms with Gasteiger partial charge in [0, 0.05) is 30.3 Å². The molecule has 9 heteroatoms. The molecular weight excluding hydrogens is 741 g/mol. The van der Waals surface area contributed by atoms with Gasteiger partial charge in [0.1, 0.15) is 5.82 Å². The molecule has 2 N–H and O–H groups in total. The molecule has 0 saturated heterocycles. The van der Waals surface area contributed by atoms with Gasteiger partial charge in [0.25, 0.3) is 0 Å². The molecule has 60 heavy (non-hydrogen) atoms. The Hall–Kier alpha value is -6.87. The molecule has 300 valence electrons. The van der Waals surface area contributed by atoms with Crippen molar-refractivity contribution in [2.24, 2.45) is 0 Å². The summed E-state index contributed by atoms with van der Waals surface area (Å²) in [6.45, 7) is 2.87. The van der Waals surface area contributed by atoms with Crippen LogP contribution in [-0.2, 0) is 18.5 Å². The maximum absolute atomic E-state index is 13.0. The molecule has 1 aliphatic carbocycles. The molecule has 6 aromatic carbocycles. The molecule has 0 radical (unpaired) electrons. The molecule has 1 saturated carbocycles. The monoisotopic (exact) mass is 790 g/mol. The summed E-state index contributed by atoms with van der Waals surface area (Å²) in [7, 11) is 0. The lowest BCUT2D eigenvalue weighted by Crippen LogP contribution is -2.39. The number of carbonyl (C=O) groups is 1. The average Bonchev–Trinajstić information content (AvgIpc) is 3.93. The van der Waals surface area contributed by atoms with E-state index >= 15 is 0 Å². The predicted octanol–water partition coefficient (Wildman–Crippen LogP) is 11.0. The van der Waals surface area contributed by atoms with Gasteiger partial charge in [-0.1, -0.05) is 172 Å². The van der Waals surface area contributed by atoms with Crippen molar-refractivity contribution in [1.29, 1.82) is 0 Å². The van der Waals surface area contributed by atoms with E-state index in [0.29, 0.717) is 12.4 Å². The third-order valence-electron chi connectivity index (χ3n) is 11.8. The van der Waals surface area contributed by atoms with E-state index in [2.05, 4.69) is 143 Å². The number of nitrogens with zero attached hydrogens (tertiary/aromatic N) is 6. The van der Waals surface area contributed by atoms with Crippen LogP contribution in [0.5, 0.6) is 0 Å². The smallest absolute Gasteiger partial charge is 0.319 e. The van der Waals surface area contributed by atoms with Gasteiger partial charge in [0.15, 0.2) is 5.54 Å². The lowest BCUT2D eigenvalue weighted by atomic mass is 9.77. The van der Waals surface area contributed by atoms with Gasteiger partial charge >= 0.3 is 6.03 Å². The van der Waals surface area contributed by atoms with Crippen LogP contribution in [0.15, 0.2) is 158 Å². The fourth-order valence-corrected chi connectivity index (χ4v) is 8.80. The maximum atomic E-state index is 13.0. The van der Waals surface area contributed by atoms with Crippen molar-refractivity contribution in [1.82, 2.24) is 35.1 Å². The third-order valence-corrected chi connectivity index (χ3v) is 11.8. The van der Waals surface area contributed by atoms with Crippen molar-refractivity contribution in [3.8, 4) is 22.5 Å². The Morgan fingerprint density at radius 1 is 0.717 bits per heavy atom. The molecular formula is C51H50N8O. The van der Waals surface area contributed by atoms with Crippen molar-refractivity contribution < 1.29 is 4.79 Å². The SMILES string of the molecule is CCCCc1nc2ccc(NC(=O)NC3CCCCC3)cc2n1Cc1ccc(-c2ccccc2-c2nnn(C(c3ccccc3)(c3ccccc3)c3ccccc3)n2)cc1. The molecule has 0 spiro atoms. The van der Waals surface area contributed by atoms with Gasteiger partial charge in [-0.3, -0.25) is 0 Å². The lowest BCUT2D eigenvalue weighted by molar-refractivity contribution is 0.244.